The summed E-state index contributed by atoms with van der Waals surface area (Å²) in [6, 6.07) is 14.0. The summed E-state index contributed by atoms with van der Waals surface area (Å²) in [5, 5.41) is 12.3. The third-order valence-electron chi connectivity index (χ3n) is 2.70. The molecule has 109 valence electrons. The van der Waals surface area contributed by atoms with Gasteiger partial charge < -0.3 is 14.7 Å². The first-order valence-corrected chi connectivity index (χ1v) is 6.91. The fraction of sp³-hybridized carbons (Fsp3) is 0.0667. The van der Waals surface area contributed by atoms with Gasteiger partial charge in [0.1, 0.15) is 5.75 Å². The number of methoxy groups -OCH3 is 1. The number of hydrogen-bond donors (Lipinski definition) is 1. The van der Waals surface area contributed by atoms with E-state index in [9.17, 15) is 5.21 Å². The van der Waals surface area contributed by atoms with E-state index in [-0.39, 0.29) is 55.8 Å². The fourth-order valence-electron chi connectivity index (χ4n) is 1.78. The molecule has 0 N–H and O–H groups in total. The van der Waals surface area contributed by atoms with E-state index in [0.29, 0.717) is 22.7 Å². The smallest absolute Gasteiger partial charge is 0.258 e. The van der Waals surface area contributed by atoms with Crippen LogP contribution in [0.4, 0.5) is 5.69 Å². The number of thiocarbonyl (C=S) groups is 1. The third kappa shape index (κ3) is 5.34. The maximum atomic E-state index is 12.3. The Balaban J connectivity index is 0.00000242. The molecule has 0 bridgehead atoms. The van der Waals surface area contributed by atoms with Gasteiger partial charge in [-0.25, -0.2) is 0 Å². The molecular formula is C15H13KNO3S2. The van der Waals surface area contributed by atoms with Crippen LogP contribution in [0.25, 0.3) is 0 Å². The van der Waals surface area contributed by atoms with Crippen LogP contribution < -0.4 is 9.47 Å². The van der Waals surface area contributed by atoms with Gasteiger partial charge in [0.25, 0.3) is 5.69 Å². The summed E-state index contributed by atoms with van der Waals surface area (Å²) in [7, 11) is 1.52. The Morgan fingerprint density at radius 1 is 1.14 bits per heavy atom. The van der Waals surface area contributed by atoms with Crippen LogP contribution in [0, 0.1) is 5.21 Å². The molecule has 4 nitrogen and oxygen atoms in total. The van der Waals surface area contributed by atoms with Crippen LogP contribution in [0.2, 0.25) is 0 Å². The van der Waals surface area contributed by atoms with Crippen LogP contribution >= 0.6 is 24.8 Å². The van der Waals surface area contributed by atoms with Crippen molar-refractivity contribution in [3.05, 3.63) is 59.3 Å². The average Bonchev–Trinajstić information content (AvgIpc) is 2.48. The van der Waals surface area contributed by atoms with Gasteiger partial charge in [-0.1, -0.05) is 36.9 Å². The summed E-state index contributed by atoms with van der Waals surface area (Å²) < 4.78 is 11.3. The summed E-state index contributed by atoms with van der Waals surface area (Å²) in [6.45, 7) is 0. The summed E-state index contributed by atoms with van der Waals surface area (Å²) >= 11 is 8.73. The first-order chi connectivity index (χ1) is 10.1. The Kier molecular flexibility index (Phi) is 8.62. The van der Waals surface area contributed by atoms with E-state index in [2.05, 4.69) is 12.6 Å². The molecule has 0 aromatic heterocycles. The molecule has 7 heteroatoms. The zero-order valence-corrected chi connectivity index (χ0v) is 17.1. The van der Waals surface area contributed by atoms with Crippen LogP contribution in [0.15, 0.2) is 48.5 Å². The molecule has 0 heterocycles. The number of hydrogen-bond acceptors (Lipinski definition) is 4. The normalized spacial score (nSPS) is 10.5. The van der Waals surface area contributed by atoms with E-state index in [4.69, 9.17) is 21.7 Å². The molecule has 0 aliphatic heterocycles. The maximum absolute atomic E-state index is 12.3. The molecule has 0 amide bonds. The molecule has 0 saturated heterocycles. The molecule has 2 rings (SSSR count). The van der Waals surface area contributed by atoms with Crippen molar-refractivity contribution in [2.24, 2.45) is 0 Å². The van der Waals surface area contributed by atoms with E-state index >= 15 is 0 Å². The van der Waals surface area contributed by atoms with Gasteiger partial charge in [0.15, 0.2) is 12.0 Å². The first-order valence-electron chi connectivity index (χ1n) is 6.06. The molecular weight excluding hydrogens is 345 g/mol. The SMILES string of the molecule is COc1ccccc1/[N+]([O-])=C/c1ccccc1OC(=S)S.[K]. The van der Waals surface area contributed by atoms with Gasteiger partial charge in [0.05, 0.1) is 12.7 Å². The van der Waals surface area contributed by atoms with Crippen molar-refractivity contribution >= 4 is 92.5 Å². The Morgan fingerprint density at radius 2 is 1.73 bits per heavy atom. The van der Waals surface area contributed by atoms with Gasteiger partial charge in [0, 0.05) is 57.5 Å². The van der Waals surface area contributed by atoms with Crippen LogP contribution in [0.3, 0.4) is 0 Å². The molecule has 2 aromatic carbocycles. The van der Waals surface area contributed by atoms with Crippen molar-refractivity contribution in [1.82, 2.24) is 0 Å². The molecule has 0 fully saturated rings. The third-order valence-corrected chi connectivity index (χ3v) is 2.87. The molecule has 0 atom stereocenters. The predicted molar refractivity (Wildman–Crippen MR) is 95.9 cm³/mol. The number of rotatable bonds is 4. The minimum atomic E-state index is 0. The number of nitrogens with zero attached hydrogens (tertiary/aromatic N) is 1. The van der Waals surface area contributed by atoms with Gasteiger partial charge in [-0.15, -0.1) is 0 Å². The molecule has 0 aliphatic carbocycles. The second-order valence-corrected chi connectivity index (χ2v) is 5.11. The number of para-hydroxylation sites is 3. The van der Waals surface area contributed by atoms with Crippen molar-refractivity contribution in [1.29, 1.82) is 0 Å². The van der Waals surface area contributed by atoms with E-state index in [1.807, 2.05) is 0 Å². The average molecular weight is 359 g/mol. The summed E-state index contributed by atoms with van der Waals surface area (Å²) in [5.41, 5.74) is 0.998. The van der Waals surface area contributed by atoms with Crippen molar-refractivity contribution in [3.8, 4) is 11.5 Å². The molecule has 0 aliphatic rings. The Morgan fingerprint density at radius 3 is 2.36 bits per heavy atom. The second-order valence-electron chi connectivity index (χ2n) is 4.03. The van der Waals surface area contributed by atoms with Crippen molar-refractivity contribution in [3.63, 3.8) is 0 Å². The number of benzene rings is 2. The van der Waals surface area contributed by atoms with Gasteiger partial charge in [-0.3, -0.25) is 0 Å². The van der Waals surface area contributed by atoms with Gasteiger partial charge in [-0.2, -0.15) is 4.74 Å². The number of ether oxygens (including phenoxy) is 2. The molecule has 0 spiro atoms. The summed E-state index contributed by atoms with van der Waals surface area (Å²) in [5.74, 6) is 0.958. The van der Waals surface area contributed by atoms with Crippen LogP contribution in [-0.2, 0) is 0 Å². The van der Waals surface area contributed by atoms with E-state index in [1.54, 1.807) is 48.5 Å². The molecule has 2 aromatic rings. The Hall–Kier alpha value is -0.414. The Labute approximate surface area is 182 Å². The van der Waals surface area contributed by atoms with Crippen molar-refractivity contribution in [2.45, 2.75) is 0 Å². The molecule has 0 unspecified atom stereocenters. The van der Waals surface area contributed by atoms with Crippen molar-refractivity contribution in [2.75, 3.05) is 7.11 Å². The second kappa shape index (κ2) is 9.66. The topological polar surface area (TPSA) is 44.5 Å². The zero-order chi connectivity index (χ0) is 15.2. The van der Waals surface area contributed by atoms with Crippen LogP contribution in [0.1, 0.15) is 5.56 Å². The standard InChI is InChI=1S/C15H13NO3S2.K/c1-18-14-9-5-3-7-12(14)16(17)10-11-6-2-4-8-13(11)19-15(20)21;/h2-10H,1H3,(H,20,21);/b16-10-;. The monoisotopic (exact) mass is 358 g/mol. The van der Waals surface area contributed by atoms with E-state index in [0.717, 1.165) is 4.74 Å². The van der Waals surface area contributed by atoms with Crippen LogP contribution in [0.5, 0.6) is 11.5 Å². The largest absolute Gasteiger partial charge is 0.618 e. The molecule has 1 radical (unpaired) electrons. The zero-order valence-electron chi connectivity index (χ0n) is 12.2. The fourth-order valence-corrected chi connectivity index (χ4v) is 1.97. The minimum absolute atomic E-state index is 0. The first kappa shape index (κ1) is 19.6. The maximum Gasteiger partial charge on any atom is 0.258 e. The Bertz CT molecular complexity index is 692. The van der Waals surface area contributed by atoms with Gasteiger partial charge in [0.2, 0.25) is 4.38 Å². The summed E-state index contributed by atoms with van der Waals surface area (Å²) in [6.07, 6.45) is 1.40. The molecule has 22 heavy (non-hydrogen) atoms. The van der Waals surface area contributed by atoms with Crippen molar-refractivity contribution < 1.29 is 14.2 Å². The number of thiol groups is 1. The van der Waals surface area contributed by atoms with Gasteiger partial charge in [-0.05, 0) is 30.4 Å². The van der Waals surface area contributed by atoms with Gasteiger partial charge >= 0.3 is 0 Å². The van der Waals surface area contributed by atoms with Crippen LogP contribution in [-0.4, -0.2) is 73.8 Å². The molecule has 0 saturated carbocycles. The quantitative estimate of drug-likeness (QED) is 0.173. The van der Waals surface area contributed by atoms with E-state index in [1.165, 1.54) is 13.3 Å². The minimum Gasteiger partial charge on any atom is -0.618 e. The predicted octanol–water partition coefficient (Wildman–Crippen LogP) is 3.17. The summed E-state index contributed by atoms with van der Waals surface area (Å²) in [4.78, 5) is 0. The van der Waals surface area contributed by atoms with E-state index < -0.39 is 0 Å².